The van der Waals surface area contributed by atoms with Crippen LogP contribution in [0.25, 0.3) is 60.9 Å². The summed E-state index contributed by atoms with van der Waals surface area (Å²) in [7, 11) is 0. The lowest BCUT2D eigenvalue weighted by Gasteiger charge is -2.39. The van der Waals surface area contributed by atoms with Gasteiger partial charge in [-0.2, -0.15) is 0 Å². The first-order chi connectivity index (χ1) is 31.8. The molecule has 2 nitrogen and oxygen atoms in total. The second kappa shape index (κ2) is 12.2. The number of benzene rings is 10. The molecule has 0 saturated carbocycles. The van der Waals surface area contributed by atoms with Gasteiger partial charge in [0.25, 0.3) is 0 Å². The Morgan fingerprint density at radius 2 is 0.812 bits per heavy atom. The maximum absolute atomic E-state index is 2.52. The Morgan fingerprint density at radius 1 is 0.312 bits per heavy atom. The molecule has 0 bridgehead atoms. The topological polar surface area (TPSA) is 8.17 Å². The van der Waals surface area contributed by atoms with E-state index in [0.717, 1.165) is 11.4 Å². The minimum Gasteiger partial charge on any atom is -0.310 e. The summed E-state index contributed by atoms with van der Waals surface area (Å²) in [5.74, 6) is 0. The molecular weight excluding hydrogens is 773 g/mol. The molecule has 0 radical (unpaired) electrons. The molecule has 4 aliphatic rings. The number of anilines is 3. The number of rotatable bonds is 3. The van der Waals surface area contributed by atoms with Crippen LogP contribution in [0.15, 0.2) is 231 Å². The van der Waals surface area contributed by atoms with E-state index in [1.165, 1.54) is 111 Å². The van der Waals surface area contributed by atoms with Gasteiger partial charge in [0.05, 0.1) is 33.2 Å². The molecule has 64 heavy (non-hydrogen) atoms. The van der Waals surface area contributed by atoms with E-state index in [2.05, 4.69) is 240 Å². The zero-order chi connectivity index (χ0) is 41.7. The molecule has 296 valence electrons. The van der Waals surface area contributed by atoms with Crippen LogP contribution >= 0.6 is 0 Å². The van der Waals surface area contributed by atoms with Crippen LogP contribution in [0.4, 0.5) is 17.1 Å². The molecule has 0 fully saturated rings. The number of fused-ring (bicyclic) bond motifs is 22. The average molecular weight is 811 g/mol. The number of hydrogen-bond acceptors (Lipinski definition) is 1. The third-order valence-electron chi connectivity index (χ3n) is 15.2. The van der Waals surface area contributed by atoms with E-state index in [-0.39, 0.29) is 0 Å². The summed E-state index contributed by atoms with van der Waals surface area (Å²) in [5, 5.41) is 2.58. The first-order valence-corrected chi connectivity index (χ1v) is 22.4. The monoisotopic (exact) mass is 810 g/mol. The Kier molecular flexibility index (Phi) is 6.58. The summed E-state index contributed by atoms with van der Waals surface area (Å²) in [5.41, 5.74) is 24.7. The lowest BCUT2D eigenvalue weighted by Crippen LogP contribution is -2.33. The van der Waals surface area contributed by atoms with E-state index < -0.39 is 10.8 Å². The largest absolute Gasteiger partial charge is 0.310 e. The third kappa shape index (κ3) is 3.95. The van der Waals surface area contributed by atoms with Crippen LogP contribution in [-0.4, -0.2) is 4.57 Å². The fraction of sp³-hybridized carbons (Fsp3) is 0.0323. The fourth-order valence-electron chi connectivity index (χ4n) is 13.0. The number of nitrogens with zero attached hydrogens (tertiary/aromatic N) is 2. The lowest BCUT2D eigenvalue weighted by molar-refractivity contribution is 0.748. The number of para-hydroxylation sites is 4. The van der Waals surface area contributed by atoms with Crippen molar-refractivity contribution >= 4 is 38.9 Å². The van der Waals surface area contributed by atoms with Crippen LogP contribution in [0, 0.1) is 0 Å². The van der Waals surface area contributed by atoms with Crippen molar-refractivity contribution in [1.82, 2.24) is 4.57 Å². The van der Waals surface area contributed by atoms with Gasteiger partial charge >= 0.3 is 0 Å². The average Bonchev–Trinajstić information content (AvgIpc) is 4.06. The van der Waals surface area contributed by atoms with E-state index in [1.54, 1.807) is 0 Å². The molecule has 1 atom stereocenters. The van der Waals surface area contributed by atoms with Gasteiger partial charge < -0.3 is 9.47 Å². The molecule has 11 aromatic rings. The molecule has 0 N–H and O–H groups in total. The summed E-state index contributed by atoms with van der Waals surface area (Å²) in [4.78, 5) is 2.52. The fourth-order valence-corrected chi connectivity index (χ4v) is 13.0. The minimum absolute atomic E-state index is 0.432. The summed E-state index contributed by atoms with van der Waals surface area (Å²) >= 11 is 0. The Bertz CT molecular complexity index is 3770. The van der Waals surface area contributed by atoms with Crippen LogP contribution in [0.1, 0.15) is 44.5 Å². The molecule has 1 aromatic heterocycles. The second-order valence-electron chi connectivity index (χ2n) is 17.9. The Balaban J connectivity index is 1.01. The molecule has 1 unspecified atom stereocenters. The zero-order valence-electron chi connectivity index (χ0n) is 34.8. The molecule has 2 heterocycles. The summed E-state index contributed by atoms with van der Waals surface area (Å²) in [6, 6.07) is 86.8. The van der Waals surface area contributed by atoms with Gasteiger partial charge in [-0.05, 0) is 115 Å². The van der Waals surface area contributed by atoms with Crippen molar-refractivity contribution in [3.8, 4) is 39.1 Å². The minimum atomic E-state index is -0.509. The highest BCUT2D eigenvalue weighted by molar-refractivity contribution is 6.13. The predicted molar refractivity (Wildman–Crippen MR) is 263 cm³/mol. The van der Waals surface area contributed by atoms with Crippen molar-refractivity contribution in [2.45, 2.75) is 10.8 Å². The van der Waals surface area contributed by atoms with E-state index in [1.807, 2.05) is 0 Å². The smallest absolute Gasteiger partial charge is 0.0754 e. The number of hydrogen-bond donors (Lipinski definition) is 0. The zero-order valence-corrected chi connectivity index (χ0v) is 34.8. The van der Waals surface area contributed by atoms with E-state index in [0.29, 0.717) is 0 Å². The van der Waals surface area contributed by atoms with E-state index in [4.69, 9.17) is 0 Å². The van der Waals surface area contributed by atoms with Gasteiger partial charge in [0.2, 0.25) is 0 Å². The standard InChI is InChI=1S/C62H38N2/c1-2-18-39(19-3-1)63(58-35-17-31-54-59(58)46-24-7-12-29-51(46)61(54)48-26-9-4-20-41(48)42-21-5-10-27-49(42)61)40-36-37-52-47(38-40)43-22-6-11-28-50(43)62(52)53-30-13-15-34-57(53)64-56-33-14-8-23-44(56)45-25-16-32-55(62)60(45)64/h1-38H. The predicted octanol–water partition coefficient (Wildman–Crippen LogP) is 15.3. The number of aromatic nitrogens is 1. The molecule has 1 aliphatic heterocycles. The molecule has 2 heteroatoms. The van der Waals surface area contributed by atoms with Gasteiger partial charge in [-0.25, -0.2) is 0 Å². The summed E-state index contributed by atoms with van der Waals surface area (Å²) in [6.45, 7) is 0. The normalized spacial score (nSPS) is 16.0. The van der Waals surface area contributed by atoms with Crippen molar-refractivity contribution in [1.29, 1.82) is 0 Å². The maximum atomic E-state index is 2.52. The van der Waals surface area contributed by atoms with Gasteiger partial charge in [-0.1, -0.05) is 188 Å². The van der Waals surface area contributed by atoms with Gasteiger partial charge in [-0.3, -0.25) is 0 Å². The summed E-state index contributed by atoms with van der Waals surface area (Å²) < 4.78 is 2.52. The first-order valence-electron chi connectivity index (χ1n) is 22.4. The summed E-state index contributed by atoms with van der Waals surface area (Å²) in [6.07, 6.45) is 0. The van der Waals surface area contributed by atoms with Crippen LogP contribution in [-0.2, 0) is 10.8 Å². The van der Waals surface area contributed by atoms with Gasteiger partial charge in [0.15, 0.2) is 0 Å². The molecule has 15 rings (SSSR count). The van der Waals surface area contributed by atoms with Crippen LogP contribution in [0.2, 0.25) is 0 Å². The SMILES string of the molecule is c1ccc(N(c2ccc3c(c2)-c2ccccc2C32c3ccccc3-n3c4ccccc4c4cccc2c43)c2cccc3c2-c2ccccc2C32c3ccccc3-c3ccccc32)cc1. The van der Waals surface area contributed by atoms with Gasteiger partial charge in [-0.15, -0.1) is 0 Å². The van der Waals surface area contributed by atoms with Crippen molar-refractivity contribution < 1.29 is 0 Å². The van der Waals surface area contributed by atoms with Crippen molar-refractivity contribution in [3.63, 3.8) is 0 Å². The van der Waals surface area contributed by atoms with Gasteiger partial charge in [0.1, 0.15) is 0 Å². The third-order valence-corrected chi connectivity index (χ3v) is 15.2. The van der Waals surface area contributed by atoms with E-state index in [9.17, 15) is 0 Å². The van der Waals surface area contributed by atoms with Crippen molar-refractivity contribution in [2.24, 2.45) is 0 Å². The Morgan fingerprint density at radius 3 is 1.55 bits per heavy atom. The Labute approximate surface area is 371 Å². The highest BCUT2D eigenvalue weighted by Crippen LogP contribution is 2.66. The highest BCUT2D eigenvalue weighted by atomic mass is 15.1. The van der Waals surface area contributed by atoms with Crippen LogP contribution < -0.4 is 4.90 Å². The van der Waals surface area contributed by atoms with Crippen molar-refractivity contribution in [3.05, 3.63) is 275 Å². The molecule has 3 aliphatic carbocycles. The second-order valence-corrected chi connectivity index (χ2v) is 17.9. The lowest BCUT2D eigenvalue weighted by atomic mass is 9.65. The highest BCUT2D eigenvalue weighted by Gasteiger charge is 2.53. The molecule has 0 amide bonds. The van der Waals surface area contributed by atoms with Crippen LogP contribution in [0.3, 0.4) is 0 Å². The molecule has 2 spiro atoms. The molecular formula is C62H38N2. The van der Waals surface area contributed by atoms with Crippen LogP contribution in [0.5, 0.6) is 0 Å². The Hall–Kier alpha value is -8.20. The van der Waals surface area contributed by atoms with Crippen molar-refractivity contribution in [2.75, 3.05) is 4.90 Å². The quantitative estimate of drug-likeness (QED) is 0.173. The van der Waals surface area contributed by atoms with E-state index >= 15 is 0 Å². The molecule has 10 aromatic carbocycles. The van der Waals surface area contributed by atoms with Gasteiger partial charge in [0, 0.05) is 27.7 Å². The maximum Gasteiger partial charge on any atom is 0.0754 e. The first kappa shape index (κ1) is 34.4. The molecule has 0 saturated heterocycles.